The predicted molar refractivity (Wildman–Crippen MR) is 69.3 cm³/mol. The molecule has 0 aliphatic heterocycles. The van der Waals surface area contributed by atoms with Gasteiger partial charge >= 0.3 is 0 Å². The van der Waals surface area contributed by atoms with Crippen LogP contribution in [0.15, 0.2) is 18.2 Å². The van der Waals surface area contributed by atoms with Gasteiger partial charge in [-0.05, 0) is 51.0 Å². The van der Waals surface area contributed by atoms with Gasteiger partial charge in [-0.15, -0.1) is 0 Å². The summed E-state index contributed by atoms with van der Waals surface area (Å²) in [7, 11) is 0. The van der Waals surface area contributed by atoms with Crippen LogP contribution in [0.2, 0.25) is 0 Å². The van der Waals surface area contributed by atoms with Crippen LogP contribution in [0.3, 0.4) is 0 Å². The Morgan fingerprint density at radius 3 is 2.50 bits per heavy atom. The van der Waals surface area contributed by atoms with Crippen molar-refractivity contribution < 1.29 is 4.79 Å². The summed E-state index contributed by atoms with van der Waals surface area (Å²) in [4.78, 5) is 13.1. The molecule has 0 amide bonds. The molecule has 0 aromatic heterocycles. The smallest absolute Gasteiger partial charge is 0.150 e. The first kappa shape index (κ1) is 12.8. The molecule has 1 aromatic rings. The van der Waals surface area contributed by atoms with Gasteiger partial charge in [0.15, 0.2) is 0 Å². The van der Waals surface area contributed by atoms with Crippen LogP contribution in [-0.4, -0.2) is 18.9 Å². The summed E-state index contributed by atoms with van der Waals surface area (Å²) in [6.07, 6.45) is 2.03. The first-order valence-corrected chi connectivity index (χ1v) is 5.96. The Morgan fingerprint density at radius 2 is 2.06 bits per heavy atom. The second kappa shape index (κ2) is 5.69. The zero-order valence-electron chi connectivity index (χ0n) is 10.7. The molecule has 16 heavy (non-hydrogen) atoms. The molecule has 2 heteroatoms. The van der Waals surface area contributed by atoms with Gasteiger partial charge in [0.05, 0.1) is 0 Å². The van der Waals surface area contributed by atoms with Crippen molar-refractivity contribution in [1.29, 1.82) is 0 Å². The highest BCUT2D eigenvalue weighted by Gasteiger charge is 2.12. The van der Waals surface area contributed by atoms with Crippen molar-refractivity contribution in [2.45, 2.75) is 40.2 Å². The van der Waals surface area contributed by atoms with Crippen molar-refractivity contribution in [3.05, 3.63) is 29.3 Å². The van der Waals surface area contributed by atoms with Crippen LogP contribution >= 0.6 is 0 Å². The Morgan fingerprint density at radius 1 is 1.38 bits per heavy atom. The number of hydrogen-bond acceptors (Lipinski definition) is 2. The highest BCUT2D eigenvalue weighted by molar-refractivity contribution is 5.77. The van der Waals surface area contributed by atoms with Crippen molar-refractivity contribution in [2.24, 2.45) is 0 Å². The number of benzene rings is 1. The van der Waals surface area contributed by atoms with Crippen LogP contribution < -0.4 is 4.90 Å². The zero-order valence-corrected chi connectivity index (χ0v) is 10.7. The van der Waals surface area contributed by atoms with E-state index in [2.05, 4.69) is 38.7 Å². The molecular formula is C14H21NO. The fourth-order valence-corrected chi connectivity index (χ4v) is 2.01. The average Bonchev–Trinajstić information content (AvgIpc) is 2.31. The van der Waals surface area contributed by atoms with E-state index in [0.717, 1.165) is 24.8 Å². The number of carbonyl (C=O) groups excluding carboxylic acids is 1. The third kappa shape index (κ3) is 2.63. The van der Waals surface area contributed by atoms with E-state index in [0.29, 0.717) is 6.04 Å². The Kier molecular flexibility index (Phi) is 4.53. The number of aldehydes is 1. The van der Waals surface area contributed by atoms with Crippen LogP contribution in [0.5, 0.6) is 0 Å². The van der Waals surface area contributed by atoms with Gasteiger partial charge < -0.3 is 4.90 Å². The summed E-state index contributed by atoms with van der Waals surface area (Å²) in [6.45, 7) is 9.65. The van der Waals surface area contributed by atoms with E-state index >= 15 is 0 Å². The Bertz CT molecular complexity index is 360. The van der Waals surface area contributed by atoms with E-state index in [1.807, 2.05) is 12.1 Å². The molecule has 0 aliphatic carbocycles. The zero-order chi connectivity index (χ0) is 12.1. The van der Waals surface area contributed by atoms with Crippen LogP contribution in [0.1, 0.15) is 43.1 Å². The maximum atomic E-state index is 10.7. The standard InChI is InChI=1S/C14H21NO/c1-5-12(4)15(6-2)14-8-7-13(10-16)9-11(14)3/h7-10,12H,5-6H2,1-4H3. The summed E-state index contributed by atoms with van der Waals surface area (Å²) >= 11 is 0. The summed E-state index contributed by atoms with van der Waals surface area (Å²) in [6, 6.07) is 6.42. The SMILES string of the molecule is CCC(C)N(CC)c1ccc(C=O)cc1C. The summed E-state index contributed by atoms with van der Waals surface area (Å²) < 4.78 is 0. The third-order valence-corrected chi connectivity index (χ3v) is 3.13. The molecule has 0 fully saturated rings. The van der Waals surface area contributed by atoms with Gasteiger partial charge in [-0.25, -0.2) is 0 Å². The highest BCUT2D eigenvalue weighted by atomic mass is 16.1. The molecule has 0 radical (unpaired) electrons. The molecule has 1 aromatic carbocycles. The molecule has 1 rings (SSSR count). The van der Waals surface area contributed by atoms with Crippen molar-refractivity contribution in [3.8, 4) is 0 Å². The Labute approximate surface area is 98.3 Å². The van der Waals surface area contributed by atoms with Gasteiger partial charge in [0.1, 0.15) is 6.29 Å². The normalized spacial score (nSPS) is 12.2. The molecule has 88 valence electrons. The summed E-state index contributed by atoms with van der Waals surface area (Å²) in [5.41, 5.74) is 3.16. The van der Waals surface area contributed by atoms with E-state index in [1.54, 1.807) is 0 Å². The fraction of sp³-hybridized carbons (Fsp3) is 0.500. The van der Waals surface area contributed by atoms with Crippen molar-refractivity contribution in [2.75, 3.05) is 11.4 Å². The highest BCUT2D eigenvalue weighted by Crippen LogP contribution is 2.23. The minimum absolute atomic E-state index is 0.533. The number of hydrogen-bond donors (Lipinski definition) is 0. The maximum Gasteiger partial charge on any atom is 0.150 e. The molecule has 0 saturated heterocycles. The second-order valence-corrected chi connectivity index (χ2v) is 4.21. The lowest BCUT2D eigenvalue weighted by Crippen LogP contribution is -2.32. The van der Waals surface area contributed by atoms with Gasteiger partial charge in [-0.1, -0.05) is 6.92 Å². The molecular weight excluding hydrogens is 198 g/mol. The molecule has 0 spiro atoms. The minimum atomic E-state index is 0.533. The Balaban J connectivity index is 3.06. The van der Waals surface area contributed by atoms with E-state index in [4.69, 9.17) is 0 Å². The number of rotatable bonds is 5. The van der Waals surface area contributed by atoms with Gasteiger partial charge in [0.25, 0.3) is 0 Å². The Hall–Kier alpha value is -1.31. The molecule has 1 unspecified atom stereocenters. The number of nitrogens with zero attached hydrogens (tertiary/aromatic N) is 1. The minimum Gasteiger partial charge on any atom is -0.369 e. The first-order chi connectivity index (χ1) is 7.63. The average molecular weight is 219 g/mol. The first-order valence-electron chi connectivity index (χ1n) is 5.96. The van der Waals surface area contributed by atoms with Crippen molar-refractivity contribution >= 4 is 12.0 Å². The number of aryl methyl sites for hydroxylation is 1. The molecule has 0 aliphatic rings. The number of carbonyl (C=O) groups is 1. The van der Waals surface area contributed by atoms with E-state index < -0.39 is 0 Å². The molecule has 2 nitrogen and oxygen atoms in total. The second-order valence-electron chi connectivity index (χ2n) is 4.21. The lowest BCUT2D eigenvalue weighted by Gasteiger charge is -2.31. The van der Waals surface area contributed by atoms with Crippen molar-refractivity contribution in [1.82, 2.24) is 0 Å². The predicted octanol–water partition coefficient (Wildman–Crippen LogP) is 3.43. The molecule has 0 heterocycles. The largest absolute Gasteiger partial charge is 0.369 e. The fourth-order valence-electron chi connectivity index (χ4n) is 2.01. The summed E-state index contributed by atoms with van der Waals surface area (Å²) in [5.74, 6) is 0. The van der Waals surface area contributed by atoms with Gasteiger partial charge in [-0.2, -0.15) is 0 Å². The molecule has 0 saturated carbocycles. The van der Waals surface area contributed by atoms with Gasteiger partial charge in [0.2, 0.25) is 0 Å². The third-order valence-electron chi connectivity index (χ3n) is 3.13. The van der Waals surface area contributed by atoms with E-state index in [-0.39, 0.29) is 0 Å². The van der Waals surface area contributed by atoms with E-state index in [9.17, 15) is 4.79 Å². The van der Waals surface area contributed by atoms with Crippen LogP contribution in [0.25, 0.3) is 0 Å². The monoisotopic (exact) mass is 219 g/mol. The topological polar surface area (TPSA) is 20.3 Å². The quantitative estimate of drug-likeness (QED) is 0.707. The van der Waals surface area contributed by atoms with Crippen molar-refractivity contribution in [3.63, 3.8) is 0 Å². The lowest BCUT2D eigenvalue weighted by molar-refractivity contribution is 0.112. The van der Waals surface area contributed by atoms with Gasteiger partial charge in [0, 0.05) is 23.8 Å². The lowest BCUT2D eigenvalue weighted by atomic mass is 10.1. The summed E-state index contributed by atoms with van der Waals surface area (Å²) in [5, 5.41) is 0. The molecule has 1 atom stereocenters. The molecule has 0 bridgehead atoms. The van der Waals surface area contributed by atoms with Crippen LogP contribution in [0, 0.1) is 6.92 Å². The van der Waals surface area contributed by atoms with Gasteiger partial charge in [-0.3, -0.25) is 4.79 Å². The van der Waals surface area contributed by atoms with E-state index in [1.165, 1.54) is 11.3 Å². The molecule has 0 N–H and O–H groups in total. The van der Waals surface area contributed by atoms with Crippen LogP contribution in [0.4, 0.5) is 5.69 Å². The maximum absolute atomic E-state index is 10.7. The van der Waals surface area contributed by atoms with Crippen LogP contribution in [-0.2, 0) is 0 Å². The number of anilines is 1.